The Bertz CT molecular complexity index is 519. The van der Waals surface area contributed by atoms with Crippen LogP contribution in [0.25, 0.3) is 0 Å². The van der Waals surface area contributed by atoms with Gasteiger partial charge in [-0.05, 0) is 32.0 Å². The number of halogens is 3. The standard InChI is InChI=1S/C14H16Cl3NO2/c1-14(2)8-18(7-10(6-15)20-14)13(19)9-3-4-11(16)12(17)5-9/h3-5,10H,6-8H2,1-2H3. The number of morpholine rings is 1. The van der Waals surface area contributed by atoms with Gasteiger partial charge in [0.25, 0.3) is 5.91 Å². The van der Waals surface area contributed by atoms with Crippen LogP contribution in [0.4, 0.5) is 0 Å². The van der Waals surface area contributed by atoms with Gasteiger partial charge in [-0.1, -0.05) is 23.2 Å². The minimum atomic E-state index is -0.413. The Morgan fingerprint density at radius 1 is 1.40 bits per heavy atom. The third-order valence-electron chi connectivity index (χ3n) is 3.11. The number of rotatable bonds is 2. The number of carbonyl (C=O) groups is 1. The van der Waals surface area contributed by atoms with E-state index < -0.39 is 5.60 Å². The molecule has 1 aliphatic heterocycles. The smallest absolute Gasteiger partial charge is 0.254 e. The molecule has 110 valence electrons. The lowest BCUT2D eigenvalue weighted by molar-refractivity contribution is -0.117. The predicted molar refractivity (Wildman–Crippen MR) is 82.0 cm³/mol. The topological polar surface area (TPSA) is 29.5 Å². The summed E-state index contributed by atoms with van der Waals surface area (Å²) in [4.78, 5) is 14.3. The number of carbonyl (C=O) groups excluding carboxylic acids is 1. The van der Waals surface area contributed by atoms with E-state index in [1.54, 1.807) is 23.1 Å². The van der Waals surface area contributed by atoms with Crippen LogP contribution in [-0.4, -0.2) is 41.5 Å². The van der Waals surface area contributed by atoms with E-state index in [1.165, 1.54) is 0 Å². The Kier molecular flexibility index (Phi) is 4.85. The summed E-state index contributed by atoms with van der Waals surface area (Å²) >= 11 is 17.7. The third-order valence-corrected chi connectivity index (χ3v) is 4.19. The van der Waals surface area contributed by atoms with E-state index >= 15 is 0 Å². The van der Waals surface area contributed by atoms with Crippen LogP contribution in [-0.2, 0) is 4.74 Å². The van der Waals surface area contributed by atoms with E-state index in [2.05, 4.69) is 0 Å². The highest BCUT2D eigenvalue weighted by Crippen LogP contribution is 2.26. The normalized spacial score (nSPS) is 21.9. The molecule has 3 nitrogen and oxygen atoms in total. The summed E-state index contributed by atoms with van der Waals surface area (Å²) < 4.78 is 5.81. The molecule has 0 radical (unpaired) electrons. The second-order valence-electron chi connectivity index (χ2n) is 5.47. The van der Waals surface area contributed by atoms with Crippen molar-refractivity contribution in [2.24, 2.45) is 0 Å². The zero-order valence-electron chi connectivity index (χ0n) is 11.3. The van der Waals surface area contributed by atoms with Crippen LogP contribution in [0.5, 0.6) is 0 Å². The zero-order valence-corrected chi connectivity index (χ0v) is 13.6. The van der Waals surface area contributed by atoms with Crippen molar-refractivity contribution >= 4 is 40.7 Å². The number of benzene rings is 1. The molecule has 2 rings (SSSR count). The van der Waals surface area contributed by atoms with Gasteiger partial charge in [0.05, 0.1) is 27.6 Å². The van der Waals surface area contributed by atoms with Gasteiger partial charge in [-0.15, -0.1) is 11.6 Å². The van der Waals surface area contributed by atoms with Crippen molar-refractivity contribution < 1.29 is 9.53 Å². The lowest BCUT2D eigenvalue weighted by Crippen LogP contribution is -2.55. The fraction of sp³-hybridized carbons (Fsp3) is 0.500. The van der Waals surface area contributed by atoms with Crippen molar-refractivity contribution in [3.05, 3.63) is 33.8 Å². The highest BCUT2D eigenvalue weighted by Gasteiger charge is 2.35. The molecule has 1 atom stereocenters. The summed E-state index contributed by atoms with van der Waals surface area (Å²) in [6.45, 7) is 4.88. The number of ether oxygens (including phenoxy) is 1. The first kappa shape index (κ1) is 15.9. The van der Waals surface area contributed by atoms with Crippen molar-refractivity contribution in [2.75, 3.05) is 19.0 Å². The molecular formula is C14H16Cl3NO2. The first-order chi connectivity index (χ1) is 9.32. The van der Waals surface area contributed by atoms with E-state index in [4.69, 9.17) is 39.5 Å². The van der Waals surface area contributed by atoms with Gasteiger partial charge in [-0.25, -0.2) is 0 Å². The van der Waals surface area contributed by atoms with Crippen LogP contribution >= 0.6 is 34.8 Å². The molecule has 0 N–H and O–H groups in total. The van der Waals surface area contributed by atoms with Crippen molar-refractivity contribution in [2.45, 2.75) is 25.6 Å². The van der Waals surface area contributed by atoms with Crippen molar-refractivity contribution in [3.63, 3.8) is 0 Å². The van der Waals surface area contributed by atoms with E-state index in [0.29, 0.717) is 34.6 Å². The van der Waals surface area contributed by atoms with E-state index in [9.17, 15) is 4.79 Å². The minimum absolute atomic E-state index is 0.0879. The predicted octanol–water partition coefficient (Wildman–Crippen LogP) is 3.85. The molecule has 6 heteroatoms. The lowest BCUT2D eigenvalue weighted by atomic mass is 10.0. The largest absolute Gasteiger partial charge is 0.367 e. The van der Waals surface area contributed by atoms with Crippen molar-refractivity contribution in [1.29, 1.82) is 0 Å². The summed E-state index contributed by atoms with van der Waals surface area (Å²) in [6, 6.07) is 4.89. The second kappa shape index (κ2) is 6.10. The first-order valence-corrected chi connectivity index (χ1v) is 7.59. The van der Waals surface area contributed by atoms with Crippen molar-refractivity contribution in [3.8, 4) is 0 Å². The van der Waals surface area contributed by atoms with E-state index in [0.717, 1.165) is 0 Å². The third kappa shape index (κ3) is 3.59. The van der Waals surface area contributed by atoms with Gasteiger partial charge in [-0.3, -0.25) is 4.79 Å². The maximum Gasteiger partial charge on any atom is 0.254 e. The molecule has 0 aromatic heterocycles. The Hall–Kier alpha value is -0.480. The molecule has 1 aromatic rings. The number of nitrogens with zero attached hydrogens (tertiary/aromatic N) is 1. The van der Waals surface area contributed by atoms with Crippen LogP contribution in [0, 0.1) is 0 Å². The lowest BCUT2D eigenvalue weighted by Gasteiger charge is -2.42. The molecule has 1 amide bonds. The van der Waals surface area contributed by atoms with Crippen LogP contribution < -0.4 is 0 Å². The summed E-state index contributed by atoms with van der Waals surface area (Å²) in [6.07, 6.45) is -0.160. The summed E-state index contributed by atoms with van der Waals surface area (Å²) in [5, 5.41) is 0.808. The molecule has 1 aliphatic rings. The fourth-order valence-corrected chi connectivity index (χ4v) is 2.80. The van der Waals surface area contributed by atoms with Gasteiger partial charge in [0.2, 0.25) is 0 Å². The quantitative estimate of drug-likeness (QED) is 0.768. The molecule has 0 saturated carbocycles. The van der Waals surface area contributed by atoms with Gasteiger partial charge in [0.15, 0.2) is 0 Å². The number of hydrogen-bond acceptors (Lipinski definition) is 2. The Morgan fingerprint density at radius 2 is 2.10 bits per heavy atom. The molecule has 1 aromatic carbocycles. The molecule has 1 heterocycles. The summed E-state index contributed by atoms with van der Waals surface area (Å²) in [5.74, 6) is 0.268. The molecule has 1 unspecified atom stereocenters. The van der Waals surface area contributed by atoms with Gasteiger partial charge < -0.3 is 9.64 Å². The number of hydrogen-bond donors (Lipinski definition) is 0. The highest BCUT2D eigenvalue weighted by atomic mass is 35.5. The Balaban J connectivity index is 2.21. The van der Waals surface area contributed by atoms with Crippen LogP contribution in [0.2, 0.25) is 10.0 Å². The monoisotopic (exact) mass is 335 g/mol. The molecule has 20 heavy (non-hydrogen) atoms. The van der Waals surface area contributed by atoms with E-state index in [-0.39, 0.29) is 12.0 Å². The molecule has 0 aliphatic carbocycles. The highest BCUT2D eigenvalue weighted by molar-refractivity contribution is 6.42. The first-order valence-electron chi connectivity index (χ1n) is 6.30. The number of amides is 1. The molecule has 0 spiro atoms. The number of alkyl halides is 1. The molecule has 1 saturated heterocycles. The minimum Gasteiger partial charge on any atom is -0.367 e. The second-order valence-corrected chi connectivity index (χ2v) is 6.59. The maximum absolute atomic E-state index is 12.5. The van der Waals surface area contributed by atoms with Crippen molar-refractivity contribution in [1.82, 2.24) is 4.90 Å². The molecule has 0 bridgehead atoms. The summed E-state index contributed by atoms with van der Waals surface area (Å²) in [5.41, 5.74) is 0.106. The van der Waals surface area contributed by atoms with Gasteiger partial charge >= 0.3 is 0 Å². The van der Waals surface area contributed by atoms with Crippen LogP contribution in [0.15, 0.2) is 18.2 Å². The Morgan fingerprint density at radius 3 is 2.70 bits per heavy atom. The Labute approximate surface area is 133 Å². The summed E-state index contributed by atoms with van der Waals surface area (Å²) in [7, 11) is 0. The average molecular weight is 337 g/mol. The van der Waals surface area contributed by atoms with Crippen LogP contribution in [0.1, 0.15) is 24.2 Å². The molecular weight excluding hydrogens is 321 g/mol. The maximum atomic E-state index is 12.5. The molecule has 1 fully saturated rings. The van der Waals surface area contributed by atoms with Gasteiger partial charge in [0, 0.05) is 18.7 Å². The SMILES string of the molecule is CC1(C)CN(C(=O)c2ccc(Cl)c(Cl)c2)CC(CCl)O1. The fourth-order valence-electron chi connectivity index (χ4n) is 2.34. The van der Waals surface area contributed by atoms with E-state index in [1.807, 2.05) is 13.8 Å². The van der Waals surface area contributed by atoms with Gasteiger partial charge in [-0.2, -0.15) is 0 Å². The zero-order chi connectivity index (χ0) is 14.9. The average Bonchev–Trinajstić information content (AvgIpc) is 2.39. The van der Waals surface area contributed by atoms with Gasteiger partial charge in [0.1, 0.15) is 0 Å². The van der Waals surface area contributed by atoms with Crippen LogP contribution in [0.3, 0.4) is 0 Å².